The largest absolute Gasteiger partial charge is 0.471 e. The van der Waals surface area contributed by atoms with Crippen LogP contribution >= 0.6 is 0 Å². The third-order valence-electron chi connectivity index (χ3n) is 13.2. The monoisotopic (exact) mass is 1180 g/mol. The van der Waals surface area contributed by atoms with Crippen LogP contribution < -0.4 is 40.1 Å². The molecule has 24 heteroatoms. The first kappa shape index (κ1) is 67.1. The molecule has 2 aromatic carbocycles. The van der Waals surface area contributed by atoms with Crippen LogP contribution in [0.1, 0.15) is 134 Å². The molecule has 0 bridgehead atoms. The van der Waals surface area contributed by atoms with Crippen molar-refractivity contribution in [3.05, 3.63) is 72.1 Å². The summed E-state index contributed by atoms with van der Waals surface area (Å²) in [7, 11) is 0. The van der Waals surface area contributed by atoms with Crippen LogP contribution in [0.2, 0.25) is 0 Å². The second-order valence-corrected chi connectivity index (χ2v) is 23.0. The summed E-state index contributed by atoms with van der Waals surface area (Å²) in [5.74, 6) is -1.15. The van der Waals surface area contributed by atoms with Crippen LogP contribution in [0, 0.1) is 0 Å². The van der Waals surface area contributed by atoms with Gasteiger partial charge in [0.15, 0.2) is 11.6 Å². The first-order chi connectivity index (χ1) is 39.5. The number of esters is 2. The molecule has 2 fully saturated rings. The van der Waals surface area contributed by atoms with Crippen molar-refractivity contribution in [2.75, 3.05) is 83.0 Å². The van der Waals surface area contributed by atoms with Crippen LogP contribution in [0.3, 0.4) is 0 Å². The third-order valence-corrected chi connectivity index (χ3v) is 13.2. The highest BCUT2D eigenvalue weighted by Gasteiger charge is 2.45. The van der Waals surface area contributed by atoms with Crippen LogP contribution in [0.5, 0.6) is 11.5 Å². The SMILES string of the molecule is CCN(CC)c1ncc(N(C(=O)C(F)(F)F)C(C)C)c(N[C@@H](Cc2ccc(OC(=O)N3CCCC3)cc2)C(=O)OC(C)(C)C)n1.CCN(CC)c1ncc(NC(C)C)c(N[C@@H](Cc2ccc(OC(=O)N3CCCC3)cc2)C(=O)OC(C)(C)C)n1. The van der Waals surface area contributed by atoms with Gasteiger partial charge in [-0.1, -0.05) is 24.3 Å². The lowest BCUT2D eigenvalue weighted by Crippen LogP contribution is -2.46. The molecule has 6 rings (SSSR count). The number of aromatic nitrogens is 4. The molecule has 84 heavy (non-hydrogen) atoms. The van der Waals surface area contributed by atoms with E-state index in [0.29, 0.717) is 72.0 Å². The lowest BCUT2D eigenvalue weighted by atomic mass is 10.0. The smallest absolute Gasteiger partial charge is 0.458 e. The Hall–Kier alpha value is -7.66. The van der Waals surface area contributed by atoms with E-state index in [2.05, 4.69) is 49.6 Å². The zero-order valence-electron chi connectivity index (χ0n) is 51.3. The van der Waals surface area contributed by atoms with E-state index in [-0.39, 0.29) is 42.0 Å². The molecule has 2 aliphatic rings. The van der Waals surface area contributed by atoms with Crippen molar-refractivity contribution in [2.24, 2.45) is 0 Å². The number of hydrogen-bond donors (Lipinski definition) is 3. The molecule has 3 N–H and O–H groups in total. The Morgan fingerprint density at radius 2 is 0.952 bits per heavy atom. The Morgan fingerprint density at radius 1 is 0.571 bits per heavy atom. The van der Waals surface area contributed by atoms with E-state index >= 15 is 0 Å². The highest BCUT2D eigenvalue weighted by Crippen LogP contribution is 2.33. The quantitative estimate of drug-likeness (QED) is 0.0622. The average molecular weight is 1180 g/mol. The molecule has 2 aliphatic heterocycles. The molecule has 462 valence electrons. The number of likely N-dealkylation sites (tertiary alicyclic amines) is 2. The Balaban J connectivity index is 0.000000310. The van der Waals surface area contributed by atoms with Gasteiger partial charge in [0.2, 0.25) is 11.9 Å². The van der Waals surface area contributed by atoms with Crippen LogP contribution in [0.15, 0.2) is 60.9 Å². The van der Waals surface area contributed by atoms with E-state index in [1.165, 1.54) is 13.8 Å². The van der Waals surface area contributed by atoms with E-state index in [1.54, 1.807) is 78.1 Å². The molecular formula is C60H87F3N12O9. The lowest BCUT2D eigenvalue weighted by Gasteiger charge is -2.31. The predicted octanol–water partition coefficient (Wildman–Crippen LogP) is 10.7. The minimum atomic E-state index is -5.16. The van der Waals surface area contributed by atoms with Crippen molar-refractivity contribution < 1.29 is 56.1 Å². The maximum atomic E-state index is 13.7. The fraction of sp³-hybridized carbons (Fsp3) is 0.583. The zero-order chi connectivity index (χ0) is 62.1. The summed E-state index contributed by atoms with van der Waals surface area (Å²) in [6.07, 6.45) is 1.23. The molecule has 0 radical (unpaired) electrons. The maximum Gasteiger partial charge on any atom is 0.471 e. The van der Waals surface area contributed by atoms with Crippen LogP contribution in [-0.4, -0.2) is 154 Å². The molecule has 4 aromatic rings. The molecule has 0 unspecified atom stereocenters. The molecule has 2 saturated heterocycles. The van der Waals surface area contributed by atoms with E-state index in [4.69, 9.17) is 23.9 Å². The summed E-state index contributed by atoms with van der Waals surface area (Å²) in [6, 6.07) is 11.2. The Bertz CT molecular complexity index is 2790. The number of carbonyl (C=O) groups excluding carboxylic acids is 5. The Morgan fingerprint density at radius 3 is 1.31 bits per heavy atom. The molecule has 4 heterocycles. The molecule has 0 spiro atoms. The van der Waals surface area contributed by atoms with Crippen molar-refractivity contribution in [1.82, 2.24) is 29.7 Å². The summed E-state index contributed by atoms with van der Waals surface area (Å²) in [6.45, 7) is 30.7. The number of alkyl halides is 3. The minimum Gasteiger partial charge on any atom is -0.458 e. The van der Waals surface area contributed by atoms with Gasteiger partial charge in [-0.25, -0.2) is 29.1 Å². The van der Waals surface area contributed by atoms with E-state index in [0.717, 1.165) is 63.6 Å². The van der Waals surface area contributed by atoms with Crippen molar-refractivity contribution >= 4 is 64.9 Å². The van der Waals surface area contributed by atoms with Crippen molar-refractivity contribution in [1.29, 1.82) is 0 Å². The number of nitrogens with zero attached hydrogens (tertiary/aromatic N) is 9. The molecular weight excluding hydrogens is 1090 g/mol. The van der Waals surface area contributed by atoms with Gasteiger partial charge in [-0.15, -0.1) is 0 Å². The highest BCUT2D eigenvalue weighted by molar-refractivity contribution is 6.00. The fourth-order valence-electron chi connectivity index (χ4n) is 9.08. The first-order valence-electron chi connectivity index (χ1n) is 29.0. The molecule has 0 aliphatic carbocycles. The number of hydrogen-bond acceptors (Lipinski definition) is 18. The van der Waals surface area contributed by atoms with Crippen molar-refractivity contribution in [3.8, 4) is 11.5 Å². The topological polar surface area (TPSA) is 226 Å². The van der Waals surface area contributed by atoms with Crippen LogP contribution in [0.4, 0.5) is 57.7 Å². The van der Waals surface area contributed by atoms with Crippen LogP contribution in [-0.2, 0) is 36.7 Å². The maximum absolute atomic E-state index is 13.7. The van der Waals surface area contributed by atoms with Gasteiger partial charge in [0, 0.05) is 77.3 Å². The van der Waals surface area contributed by atoms with E-state index < -0.39 is 53.5 Å². The van der Waals surface area contributed by atoms with E-state index in [1.807, 2.05) is 60.6 Å². The summed E-state index contributed by atoms with van der Waals surface area (Å²) in [4.78, 5) is 90.0. The molecule has 2 atom stereocenters. The third kappa shape index (κ3) is 20.3. The molecule has 21 nitrogen and oxygen atoms in total. The van der Waals surface area contributed by atoms with Gasteiger partial charge in [-0.05, 0) is 158 Å². The van der Waals surface area contributed by atoms with Gasteiger partial charge in [-0.2, -0.15) is 23.1 Å². The Labute approximate surface area is 492 Å². The average Bonchev–Trinajstić information content (AvgIpc) is 3.76. The molecule has 2 aromatic heterocycles. The van der Waals surface area contributed by atoms with Gasteiger partial charge in [0.1, 0.15) is 40.5 Å². The second-order valence-electron chi connectivity index (χ2n) is 23.0. The normalized spacial score (nSPS) is 14.2. The Kier molecular flexibility index (Phi) is 24.2. The fourth-order valence-corrected chi connectivity index (χ4v) is 9.08. The highest BCUT2D eigenvalue weighted by atomic mass is 19.4. The second kappa shape index (κ2) is 30.2. The number of halogens is 3. The number of nitrogens with one attached hydrogen (secondary N) is 3. The number of benzene rings is 2. The van der Waals surface area contributed by atoms with Crippen LogP contribution in [0.25, 0.3) is 0 Å². The van der Waals surface area contributed by atoms with Crippen molar-refractivity contribution in [2.45, 2.75) is 177 Å². The predicted molar refractivity (Wildman–Crippen MR) is 319 cm³/mol. The molecule has 3 amide bonds. The number of amides is 3. The van der Waals surface area contributed by atoms with Gasteiger partial charge in [0.25, 0.3) is 0 Å². The van der Waals surface area contributed by atoms with Gasteiger partial charge in [0.05, 0.1) is 18.1 Å². The molecule has 0 saturated carbocycles. The first-order valence-corrected chi connectivity index (χ1v) is 29.0. The lowest BCUT2D eigenvalue weighted by molar-refractivity contribution is -0.170. The summed E-state index contributed by atoms with van der Waals surface area (Å²) < 4.78 is 63.5. The zero-order valence-corrected chi connectivity index (χ0v) is 51.3. The minimum absolute atomic E-state index is 0.0359. The van der Waals surface area contributed by atoms with Crippen molar-refractivity contribution in [3.63, 3.8) is 0 Å². The summed E-state index contributed by atoms with van der Waals surface area (Å²) in [5.41, 5.74) is 0.477. The standard InChI is InChI=1S/C31H43F3N6O5.C29H44N6O4/c1-8-38(9-2)28-35-19-24(40(20(3)4)27(42)31(32,33)34)25(37-28)36-23(26(41)45-30(5,6)7)18-21-12-14-22(15-13-21)44-29(43)39-16-10-11-17-39;1-8-34(9-2)27-30-19-24(31-20(3)4)25(33-27)32-23(26(36)39-29(5,6)7)18-21-12-14-22(15-13-21)38-28(37)35-16-10-11-17-35/h12-15,19-20,23H,8-11,16-18H2,1-7H3,(H,35,36,37);12-15,19-20,23,31H,8-11,16-18H2,1-7H3,(H,30,32,33)/t2*23-/m00/s1. The summed E-state index contributed by atoms with van der Waals surface area (Å²) >= 11 is 0. The van der Waals surface area contributed by atoms with Gasteiger partial charge >= 0.3 is 36.2 Å². The number of anilines is 6. The number of rotatable bonds is 22. The van der Waals surface area contributed by atoms with Gasteiger partial charge in [-0.3, -0.25) is 9.69 Å². The number of ether oxygens (including phenoxy) is 4. The summed E-state index contributed by atoms with van der Waals surface area (Å²) in [5, 5.41) is 9.70. The van der Waals surface area contributed by atoms with Gasteiger partial charge < -0.3 is 54.5 Å². The number of carbonyl (C=O) groups is 5. The van der Waals surface area contributed by atoms with E-state index in [9.17, 15) is 37.1 Å².